The number of sulfonamides is 1. The third kappa shape index (κ3) is 4.90. The van der Waals surface area contributed by atoms with Crippen molar-refractivity contribution >= 4 is 54.6 Å². The Balaban J connectivity index is 1.79. The Hall–Kier alpha value is -2.23. The summed E-state index contributed by atoms with van der Waals surface area (Å²) in [7, 11) is -3.41. The number of carbonyl (C=O) groups excluding carboxylic acids is 1. The predicted octanol–water partition coefficient (Wildman–Crippen LogP) is 4.20. The van der Waals surface area contributed by atoms with E-state index >= 15 is 0 Å². The van der Waals surface area contributed by atoms with Crippen molar-refractivity contribution < 1.29 is 13.2 Å². The summed E-state index contributed by atoms with van der Waals surface area (Å²) in [6.07, 6.45) is 4.50. The first kappa shape index (κ1) is 18.6. The van der Waals surface area contributed by atoms with Gasteiger partial charge in [0, 0.05) is 28.1 Å². The van der Waals surface area contributed by atoms with Crippen molar-refractivity contribution in [3.05, 3.63) is 63.5 Å². The van der Waals surface area contributed by atoms with Gasteiger partial charge in [0.15, 0.2) is 0 Å². The summed E-state index contributed by atoms with van der Waals surface area (Å²) >= 11 is 4.64. The lowest BCUT2D eigenvalue weighted by atomic mass is 10.1. The lowest BCUT2D eigenvalue weighted by molar-refractivity contribution is 0.103. The highest BCUT2D eigenvalue weighted by Crippen LogP contribution is 2.27. The number of pyridine rings is 1. The van der Waals surface area contributed by atoms with Crippen molar-refractivity contribution in [2.75, 3.05) is 16.3 Å². The Morgan fingerprint density at radius 3 is 2.62 bits per heavy atom. The lowest BCUT2D eigenvalue weighted by Gasteiger charge is -2.09. The number of hydrogen-bond acceptors (Lipinski definition) is 5. The Morgan fingerprint density at radius 2 is 1.92 bits per heavy atom. The minimum absolute atomic E-state index is 0.270. The van der Waals surface area contributed by atoms with Crippen LogP contribution in [0.25, 0.3) is 11.1 Å². The number of carbonyl (C=O) groups is 1. The summed E-state index contributed by atoms with van der Waals surface area (Å²) in [5.41, 5.74) is 2.69. The van der Waals surface area contributed by atoms with Gasteiger partial charge < -0.3 is 5.32 Å². The average Bonchev–Trinajstić information content (AvgIpc) is 3.03. The highest BCUT2D eigenvalue weighted by atomic mass is 79.9. The van der Waals surface area contributed by atoms with E-state index in [1.807, 2.05) is 17.5 Å². The van der Waals surface area contributed by atoms with Crippen LogP contribution in [0, 0.1) is 0 Å². The molecule has 3 rings (SSSR count). The van der Waals surface area contributed by atoms with Crippen LogP contribution in [0.4, 0.5) is 11.4 Å². The van der Waals surface area contributed by atoms with Crippen molar-refractivity contribution in [1.82, 2.24) is 4.98 Å². The van der Waals surface area contributed by atoms with Crippen molar-refractivity contribution in [1.29, 1.82) is 0 Å². The second-order valence-corrected chi connectivity index (χ2v) is 9.07. The molecule has 0 fully saturated rings. The zero-order chi connectivity index (χ0) is 18.7. The summed E-state index contributed by atoms with van der Waals surface area (Å²) in [4.78, 5) is 17.1. The normalized spacial score (nSPS) is 11.2. The number of rotatable bonds is 5. The highest BCUT2D eigenvalue weighted by Gasteiger charge is 2.12. The Labute approximate surface area is 163 Å². The van der Waals surface area contributed by atoms with Crippen LogP contribution in [0.15, 0.2) is 58.6 Å². The molecule has 0 aliphatic rings. The number of thiophene rings is 1. The number of hydrogen-bond donors (Lipinski definition) is 2. The van der Waals surface area contributed by atoms with Crippen molar-refractivity contribution in [3.8, 4) is 11.1 Å². The molecule has 0 spiro atoms. The molecule has 0 bridgehead atoms. The fraction of sp³-hybridized carbons (Fsp3) is 0.0588. The number of nitrogens with one attached hydrogen (secondary N) is 2. The average molecular weight is 452 g/mol. The molecule has 1 amide bonds. The third-order valence-corrected chi connectivity index (χ3v) is 5.27. The second-order valence-electron chi connectivity index (χ2n) is 5.50. The van der Waals surface area contributed by atoms with Gasteiger partial charge in [0.2, 0.25) is 10.0 Å². The van der Waals surface area contributed by atoms with Crippen molar-refractivity contribution in [2.45, 2.75) is 0 Å². The molecule has 0 saturated heterocycles. The number of nitrogens with zero attached hydrogens (tertiary/aromatic N) is 1. The lowest BCUT2D eigenvalue weighted by Crippen LogP contribution is -2.12. The van der Waals surface area contributed by atoms with Crippen LogP contribution in [-0.4, -0.2) is 25.6 Å². The maximum absolute atomic E-state index is 12.5. The summed E-state index contributed by atoms with van der Waals surface area (Å²) in [6, 6.07) is 10.4. The minimum Gasteiger partial charge on any atom is -0.321 e. The monoisotopic (exact) mass is 451 g/mol. The third-order valence-electron chi connectivity index (χ3n) is 3.28. The van der Waals surface area contributed by atoms with E-state index in [1.54, 1.807) is 36.7 Å². The topological polar surface area (TPSA) is 88.2 Å². The SMILES string of the molecule is CS(=O)(=O)Nc1cc(Br)cc(NC(=O)c2cc(-c3cccnc3)cs2)c1. The number of anilines is 2. The van der Waals surface area contributed by atoms with Gasteiger partial charge in [0.05, 0.1) is 16.8 Å². The van der Waals surface area contributed by atoms with E-state index in [0.717, 1.165) is 17.4 Å². The first-order chi connectivity index (χ1) is 12.3. The number of aromatic nitrogens is 1. The summed E-state index contributed by atoms with van der Waals surface area (Å²) in [5.74, 6) is -0.270. The molecule has 1 aromatic carbocycles. The van der Waals surface area contributed by atoms with Gasteiger partial charge >= 0.3 is 0 Å². The molecule has 26 heavy (non-hydrogen) atoms. The molecule has 0 radical (unpaired) electrons. The van der Waals surface area contributed by atoms with E-state index in [-0.39, 0.29) is 5.91 Å². The Kier molecular flexibility index (Phi) is 5.40. The molecule has 9 heteroatoms. The van der Waals surface area contributed by atoms with Gasteiger partial charge in [-0.2, -0.15) is 0 Å². The molecule has 0 unspecified atom stereocenters. The highest BCUT2D eigenvalue weighted by molar-refractivity contribution is 9.10. The molecule has 0 saturated carbocycles. The van der Waals surface area contributed by atoms with Crippen molar-refractivity contribution in [3.63, 3.8) is 0 Å². The van der Waals surface area contributed by atoms with Crippen LogP contribution in [0.2, 0.25) is 0 Å². The maximum atomic E-state index is 12.5. The van der Waals surface area contributed by atoms with E-state index in [4.69, 9.17) is 0 Å². The minimum atomic E-state index is -3.41. The van der Waals surface area contributed by atoms with Crippen LogP contribution in [0.5, 0.6) is 0 Å². The maximum Gasteiger partial charge on any atom is 0.265 e. The van der Waals surface area contributed by atoms with Crippen LogP contribution < -0.4 is 10.0 Å². The Bertz CT molecular complexity index is 1050. The smallest absolute Gasteiger partial charge is 0.265 e. The summed E-state index contributed by atoms with van der Waals surface area (Å²) in [5, 5.41) is 4.67. The molecule has 6 nitrogen and oxygen atoms in total. The van der Waals surface area contributed by atoms with E-state index < -0.39 is 10.0 Å². The summed E-state index contributed by atoms with van der Waals surface area (Å²) < 4.78 is 25.8. The van der Waals surface area contributed by atoms with E-state index in [0.29, 0.717) is 20.7 Å². The van der Waals surface area contributed by atoms with Gasteiger partial charge in [-0.05, 0) is 41.3 Å². The zero-order valence-electron chi connectivity index (χ0n) is 13.6. The molecular formula is C17H14BrN3O3S2. The quantitative estimate of drug-likeness (QED) is 0.608. The first-order valence-corrected chi connectivity index (χ1v) is 11.0. The zero-order valence-corrected chi connectivity index (χ0v) is 16.8. The van der Waals surface area contributed by atoms with Crippen LogP contribution in [-0.2, 0) is 10.0 Å². The number of benzene rings is 1. The van der Waals surface area contributed by atoms with Gasteiger partial charge in [-0.15, -0.1) is 11.3 Å². The first-order valence-electron chi connectivity index (χ1n) is 7.39. The van der Waals surface area contributed by atoms with Gasteiger partial charge in [0.25, 0.3) is 5.91 Å². The van der Waals surface area contributed by atoms with Gasteiger partial charge in [-0.3, -0.25) is 14.5 Å². The van der Waals surface area contributed by atoms with E-state index in [2.05, 4.69) is 31.0 Å². The van der Waals surface area contributed by atoms with Crippen LogP contribution in [0.3, 0.4) is 0 Å². The predicted molar refractivity (Wildman–Crippen MR) is 108 cm³/mol. The largest absolute Gasteiger partial charge is 0.321 e. The standard InChI is InChI=1S/C17H14BrN3O3S2/c1-26(23,24)21-15-7-13(18)6-14(8-15)20-17(22)16-5-12(10-25-16)11-3-2-4-19-9-11/h2-10,21H,1H3,(H,20,22). The molecule has 2 aromatic heterocycles. The van der Waals surface area contributed by atoms with Gasteiger partial charge in [0.1, 0.15) is 0 Å². The number of amides is 1. The second kappa shape index (κ2) is 7.56. The molecule has 0 aliphatic carbocycles. The van der Waals surface area contributed by atoms with E-state index in [9.17, 15) is 13.2 Å². The fourth-order valence-electron chi connectivity index (χ4n) is 2.27. The molecule has 0 atom stereocenters. The summed E-state index contributed by atoms with van der Waals surface area (Å²) in [6.45, 7) is 0. The van der Waals surface area contributed by atoms with Crippen LogP contribution in [0.1, 0.15) is 9.67 Å². The molecule has 3 aromatic rings. The molecular weight excluding hydrogens is 438 g/mol. The molecule has 2 heterocycles. The van der Waals surface area contributed by atoms with E-state index in [1.165, 1.54) is 11.3 Å². The fourth-order valence-corrected chi connectivity index (χ4v) is 4.12. The number of halogens is 1. The van der Waals surface area contributed by atoms with Gasteiger partial charge in [-0.1, -0.05) is 22.0 Å². The molecule has 2 N–H and O–H groups in total. The Morgan fingerprint density at radius 1 is 1.15 bits per heavy atom. The van der Waals surface area contributed by atoms with Crippen LogP contribution >= 0.6 is 27.3 Å². The van der Waals surface area contributed by atoms with Crippen molar-refractivity contribution in [2.24, 2.45) is 0 Å². The van der Waals surface area contributed by atoms with Gasteiger partial charge in [-0.25, -0.2) is 8.42 Å². The molecule has 0 aliphatic heterocycles. The molecule has 134 valence electrons.